The molecule has 6 rings (SSSR count). The van der Waals surface area contributed by atoms with Crippen LogP contribution in [0.5, 0.6) is 0 Å². The van der Waals surface area contributed by atoms with Crippen LogP contribution in [0.4, 0.5) is 0 Å². The zero-order valence-electron chi connectivity index (χ0n) is 16.3. The molecule has 0 saturated heterocycles. The number of rotatable bonds is 2. The molecule has 0 spiro atoms. The Balaban J connectivity index is 1.86. The lowest BCUT2D eigenvalue weighted by Gasteiger charge is -2.35. The van der Waals surface area contributed by atoms with Crippen molar-refractivity contribution in [2.45, 2.75) is 5.41 Å². The van der Waals surface area contributed by atoms with E-state index in [0.29, 0.717) is 0 Å². The minimum absolute atomic E-state index is 0.363. The van der Waals surface area contributed by atoms with E-state index in [1.165, 1.54) is 44.2 Å². The van der Waals surface area contributed by atoms with E-state index in [2.05, 4.69) is 131 Å². The maximum absolute atomic E-state index is 3.74. The first-order valence-corrected chi connectivity index (χ1v) is 11.0. The molecule has 0 amide bonds. The van der Waals surface area contributed by atoms with Crippen molar-refractivity contribution in [3.8, 4) is 11.1 Å². The lowest BCUT2D eigenvalue weighted by Crippen LogP contribution is -2.28. The van der Waals surface area contributed by atoms with E-state index in [9.17, 15) is 0 Å². The van der Waals surface area contributed by atoms with Crippen LogP contribution in [0.25, 0.3) is 21.9 Å². The molecule has 142 valence electrons. The van der Waals surface area contributed by atoms with E-state index >= 15 is 0 Å². The molecule has 1 aliphatic rings. The molecule has 30 heavy (non-hydrogen) atoms. The van der Waals surface area contributed by atoms with Crippen LogP contribution in [-0.2, 0) is 5.41 Å². The average molecular weight is 447 g/mol. The molecule has 0 bridgehead atoms. The van der Waals surface area contributed by atoms with Crippen molar-refractivity contribution < 1.29 is 0 Å². The largest absolute Gasteiger partial charge is 0.0719 e. The molecule has 0 aromatic heterocycles. The average Bonchev–Trinajstić information content (AvgIpc) is 3.10. The van der Waals surface area contributed by atoms with Crippen LogP contribution in [-0.4, -0.2) is 0 Å². The van der Waals surface area contributed by atoms with Gasteiger partial charge in [-0.25, -0.2) is 0 Å². The summed E-state index contributed by atoms with van der Waals surface area (Å²) in [6.45, 7) is 0. The van der Waals surface area contributed by atoms with Crippen LogP contribution < -0.4 is 0 Å². The number of fused-ring (bicyclic) bond motifs is 4. The van der Waals surface area contributed by atoms with Crippen molar-refractivity contribution in [2.24, 2.45) is 0 Å². The second-order valence-corrected chi connectivity index (χ2v) is 8.79. The van der Waals surface area contributed by atoms with Gasteiger partial charge in [-0.2, -0.15) is 0 Å². The SMILES string of the molecule is Brc1cccc(C2(c3cccc4ccccc34)c3ccccc3-c3ccccc32)c1. The Labute approximate surface area is 185 Å². The van der Waals surface area contributed by atoms with E-state index in [0.717, 1.165) is 4.47 Å². The molecule has 0 nitrogen and oxygen atoms in total. The van der Waals surface area contributed by atoms with Gasteiger partial charge in [0.1, 0.15) is 0 Å². The minimum atomic E-state index is -0.363. The molecule has 0 heterocycles. The third-order valence-corrected chi connectivity index (χ3v) is 6.90. The second-order valence-electron chi connectivity index (χ2n) is 7.88. The Hall–Kier alpha value is -3.16. The van der Waals surface area contributed by atoms with Gasteiger partial charge in [-0.1, -0.05) is 119 Å². The molecule has 5 aromatic rings. The summed E-state index contributed by atoms with van der Waals surface area (Å²) in [5, 5.41) is 2.57. The second kappa shape index (κ2) is 6.68. The Morgan fingerprint density at radius 2 is 1.07 bits per heavy atom. The van der Waals surface area contributed by atoms with Gasteiger partial charge in [0.2, 0.25) is 0 Å². The highest BCUT2D eigenvalue weighted by Gasteiger charge is 2.46. The summed E-state index contributed by atoms with van der Waals surface area (Å²) in [6, 6.07) is 42.0. The van der Waals surface area contributed by atoms with Crippen molar-refractivity contribution in [3.05, 3.63) is 142 Å². The van der Waals surface area contributed by atoms with Gasteiger partial charge in [-0.15, -0.1) is 0 Å². The number of benzene rings is 5. The molecule has 1 aliphatic carbocycles. The fourth-order valence-electron chi connectivity index (χ4n) is 5.27. The Bertz CT molecular complexity index is 1360. The molecular weight excluding hydrogens is 428 g/mol. The maximum Gasteiger partial charge on any atom is 0.0719 e. The molecule has 0 aliphatic heterocycles. The number of halogens is 1. The standard InChI is InChI=1S/C29H19Br/c30-22-12-8-11-21(19-22)29(26-18-7-10-20-9-1-2-13-23(20)26)27-16-5-3-14-24(27)25-15-4-6-17-28(25)29/h1-19H. The fraction of sp³-hybridized carbons (Fsp3) is 0.0345. The van der Waals surface area contributed by atoms with Gasteiger partial charge in [0.25, 0.3) is 0 Å². The first kappa shape index (κ1) is 17.7. The predicted octanol–water partition coefficient (Wildman–Crippen LogP) is 7.97. The highest BCUT2D eigenvalue weighted by Crippen LogP contribution is 2.57. The Morgan fingerprint density at radius 1 is 0.500 bits per heavy atom. The van der Waals surface area contributed by atoms with E-state index in [1.54, 1.807) is 0 Å². The molecule has 0 atom stereocenters. The number of hydrogen-bond acceptors (Lipinski definition) is 0. The van der Waals surface area contributed by atoms with Gasteiger partial charge >= 0.3 is 0 Å². The third-order valence-electron chi connectivity index (χ3n) is 6.40. The van der Waals surface area contributed by atoms with Crippen LogP contribution in [0.15, 0.2) is 120 Å². The summed E-state index contributed by atoms with van der Waals surface area (Å²) in [6.07, 6.45) is 0. The topological polar surface area (TPSA) is 0 Å². The number of hydrogen-bond donors (Lipinski definition) is 0. The van der Waals surface area contributed by atoms with Crippen molar-refractivity contribution in [3.63, 3.8) is 0 Å². The van der Waals surface area contributed by atoms with Gasteiger partial charge in [0.15, 0.2) is 0 Å². The normalized spacial score (nSPS) is 13.8. The smallest absolute Gasteiger partial charge is 0.0619 e. The van der Waals surface area contributed by atoms with Crippen molar-refractivity contribution >= 4 is 26.7 Å². The van der Waals surface area contributed by atoms with Crippen LogP contribution in [0.3, 0.4) is 0 Å². The van der Waals surface area contributed by atoms with E-state index in [1.807, 2.05) is 0 Å². The zero-order chi connectivity index (χ0) is 20.1. The summed E-state index contributed by atoms with van der Waals surface area (Å²) >= 11 is 3.74. The van der Waals surface area contributed by atoms with Crippen LogP contribution in [0.1, 0.15) is 22.3 Å². The lowest BCUT2D eigenvalue weighted by atomic mass is 9.66. The summed E-state index contributed by atoms with van der Waals surface area (Å²) in [4.78, 5) is 0. The van der Waals surface area contributed by atoms with Gasteiger partial charge in [-0.05, 0) is 56.3 Å². The van der Waals surface area contributed by atoms with Crippen molar-refractivity contribution in [1.29, 1.82) is 0 Å². The molecule has 0 saturated carbocycles. The van der Waals surface area contributed by atoms with Gasteiger partial charge in [-0.3, -0.25) is 0 Å². The van der Waals surface area contributed by atoms with Gasteiger partial charge < -0.3 is 0 Å². The van der Waals surface area contributed by atoms with Crippen LogP contribution in [0.2, 0.25) is 0 Å². The predicted molar refractivity (Wildman–Crippen MR) is 129 cm³/mol. The molecule has 0 unspecified atom stereocenters. The lowest BCUT2D eigenvalue weighted by molar-refractivity contribution is 0.775. The first-order valence-electron chi connectivity index (χ1n) is 10.2. The summed E-state index contributed by atoms with van der Waals surface area (Å²) < 4.78 is 1.10. The van der Waals surface area contributed by atoms with Crippen molar-refractivity contribution in [2.75, 3.05) is 0 Å². The summed E-state index contributed by atoms with van der Waals surface area (Å²) in [5.41, 5.74) is 7.59. The Kier molecular flexibility index (Phi) is 3.94. The minimum Gasteiger partial charge on any atom is -0.0619 e. The van der Waals surface area contributed by atoms with E-state index in [4.69, 9.17) is 0 Å². The summed E-state index contributed by atoms with van der Waals surface area (Å²) in [5.74, 6) is 0. The van der Waals surface area contributed by atoms with Gasteiger partial charge in [0.05, 0.1) is 5.41 Å². The molecule has 0 fully saturated rings. The zero-order valence-corrected chi connectivity index (χ0v) is 17.9. The van der Waals surface area contributed by atoms with E-state index in [-0.39, 0.29) is 5.41 Å². The van der Waals surface area contributed by atoms with Crippen molar-refractivity contribution in [1.82, 2.24) is 0 Å². The Morgan fingerprint density at radius 3 is 1.80 bits per heavy atom. The van der Waals surface area contributed by atoms with Crippen LogP contribution in [0, 0.1) is 0 Å². The van der Waals surface area contributed by atoms with Gasteiger partial charge in [0, 0.05) is 4.47 Å². The molecule has 0 radical (unpaired) electrons. The monoisotopic (exact) mass is 446 g/mol. The van der Waals surface area contributed by atoms with Crippen LogP contribution >= 0.6 is 15.9 Å². The third kappa shape index (κ3) is 2.33. The molecule has 0 N–H and O–H groups in total. The van der Waals surface area contributed by atoms with E-state index < -0.39 is 0 Å². The molecule has 5 aromatic carbocycles. The quantitative estimate of drug-likeness (QED) is 0.253. The highest BCUT2D eigenvalue weighted by atomic mass is 79.9. The first-order chi connectivity index (χ1) is 14.8. The maximum atomic E-state index is 3.74. The molecule has 1 heteroatoms. The molecular formula is C29H19Br. The fourth-order valence-corrected chi connectivity index (χ4v) is 5.67. The highest BCUT2D eigenvalue weighted by molar-refractivity contribution is 9.10. The summed E-state index contributed by atoms with van der Waals surface area (Å²) in [7, 11) is 0.